The predicted octanol–water partition coefficient (Wildman–Crippen LogP) is 2.60. The summed E-state index contributed by atoms with van der Waals surface area (Å²) < 4.78 is 32.9. The molecular weight excluding hydrogens is 582 g/mol. The highest BCUT2D eigenvalue weighted by molar-refractivity contribution is 7.89. The second-order valence-corrected chi connectivity index (χ2v) is 14.0. The van der Waals surface area contributed by atoms with Crippen LogP contribution in [-0.2, 0) is 29.4 Å². The van der Waals surface area contributed by atoms with Crippen LogP contribution in [0.25, 0.3) is 10.9 Å². The van der Waals surface area contributed by atoms with Gasteiger partial charge >= 0.3 is 4.87 Å². The Balaban J connectivity index is 1.27. The number of H-pyrrole nitrogens is 2. The molecule has 2 atom stereocenters. The number of nitrogens with zero attached hydrogens (tertiary/aromatic N) is 4. The van der Waals surface area contributed by atoms with Crippen molar-refractivity contribution in [2.75, 3.05) is 19.6 Å². The monoisotopic (exact) mass is 607 g/mol. The van der Waals surface area contributed by atoms with E-state index >= 15 is 0 Å². The quantitative estimate of drug-likeness (QED) is 0.306. The van der Waals surface area contributed by atoms with Gasteiger partial charge in [0, 0.05) is 83.4 Å². The maximum Gasteiger partial charge on any atom is 0.323 e. The molecule has 1 saturated heterocycles. The summed E-state index contributed by atoms with van der Waals surface area (Å²) in [6, 6.07) is 6.61. The summed E-state index contributed by atoms with van der Waals surface area (Å²) in [5, 5.41) is 5.12. The predicted molar refractivity (Wildman–Crippen MR) is 150 cm³/mol. The molecule has 5 heterocycles. The molecule has 2 unspecified atom stereocenters. The van der Waals surface area contributed by atoms with Crippen LogP contribution in [0, 0.1) is 0 Å². The van der Waals surface area contributed by atoms with Gasteiger partial charge in [0.2, 0.25) is 0 Å². The number of fused-ring (bicyclic) bond motifs is 2. The molecular formula is C24H26ClN7O4S3. The molecule has 1 fully saturated rings. The molecule has 0 saturated carbocycles. The number of carbonyl (C=O) groups is 1. The van der Waals surface area contributed by atoms with Crippen LogP contribution in [0.4, 0.5) is 0 Å². The van der Waals surface area contributed by atoms with Crippen molar-refractivity contribution < 1.29 is 13.2 Å². The number of piperazine rings is 1. The van der Waals surface area contributed by atoms with Gasteiger partial charge in [0.1, 0.15) is 10.9 Å². The van der Waals surface area contributed by atoms with Crippen molar-refractivity contribution in [2.45, 2.75) is 49.8 Å². The molecule has 15 heteroatoms. The van der Waals surface area contributed by atoms with E-state index in [1.165, 1.54) is 15.6 Å². The molecule has 11 nitrogen and oxygen atoms in total. The first-order valence-corrected chi connectivity index (χ1v) is 15.9. The molecule has 0 spiro atoms. The number of rotatable bonds is 6. The number of hydrogen-bond acceptors (Lipinski definition) is 9. The minimum absolute atomic E-state index is 0.0799. The summed E-state index contributed by atoms with van der Waals surface area (Å²) >= 11 is 8.32. The Bertz CT molecular complexity index is 1710. The lowest BCUT2D eigenvalue weighted by Gasteiger charge is -2.40. The number of hydrogen-bond donors (Lipinski definition) is 3. The number of aryl methyl sites for hydroxylation is 1. The van der Waals surface area contributed by atoms with Crippen LogP contribution in [0.3, 0.4) is 0 Å². The van der Waals surface area contributed by atoms with E-state index in [1.807, 2.05) is 0 Å². The number of sulfonamides is 1. The van der Waals surface area contributed by atoms with E-state index in [0.29, 0.717) is 52.2 Å². The van der Waals surface area contributed by atoms with E-state index in [2.05, 4.69) is 31.6 Å². The Kier molecular flexibility index (Phi) is 7.10. The van der Waals surface area contributed by atoms with Crippen molar-refractivity contribution in [1.29, 1.82) is 0 Å². The standard InChI is InChI=1S/C24H26ClN7O4S3/c1-13-8-18-19(11-26-13)37-22(28-18)23(33)32-7-6-31(12-16(32)3-5-20-29-24(34)38-30-20)39(35,36)21-10-14-9-15(25)2-4-17(14)27-21/h2,4,9-10,13,16,26-27H,3,5-8,11-12H2,1H3,(H,29,30,34). The number of nitrogens with one attached hydrogen (secondary N) is 3. The first kappa shape index (κ1) is 26.6. The zero-order valence-electron chi connectivity index (χ0n) is 20.9. The Morgan fingerprint density at radius 3 is 2.87 bits per heavy atom. The summed E-state index contributed by atoms with van der Waals surface area (Å²) in [5.41, 5.74) is 1.62. The zero-order valence-corrected chi connectivity index (χ0v) is 24.1. The first-order chi connectivity index (χ1) is 18.7. The molecule has 206 valence electrons. The van der Waals surface area contributed by atoms with E-state index in [4.69, 9.17) is 11.6 Å². The van der Waals surface area contributed by atoms with Crippen LogP contribution in [-0.4, -0.2) is 74.6 Å². The van der Waals surface area contributed by atoms with Gasteiger partial charge < -0.3 is 15.2 Å². The van der Waals surface area contributed by atoms with E-state index in [9.17, 15) is 18.0 Å². The third-order valence-corrected chi connectivity index (χ3v) is 10.8. The van der Waals surface area contributed by atoms with Crippen LogP contribution >= 0.6 is 34.5 Å². The molecule has 6 rings (SSSR count). The fourth-order valence-corrected chi connectivity index (χ4v) is 8.26. The fraction of sp³-hybridized carbons (Fsp3) is 0.417. The van der Waals surface area contributed by atoms with Gasteiger partial charge in [-0.3, -0.25) is 14.6 Å². The zero-order chi connectivity index (χ0) is 27.3. The number of aromatic nitrogens is 4. The lowest BCUT2D eigenvalue weighted by Crippen LogP contribution is -2.56. The molecule has 0 bridgehead atoms. The highest BCUT2D eigenvalue weighted by Crippen LogP contribution is 2.29. The Morgan fingerprint density at radius 1 is 1.23 bits per heavy atom. The lowest BCUT2D eigenvalue weighted by atomic mass is 10.1. The third-order valence-electron chi connectivity index (χ3n) is 7.15. The third kappa shape index (κ3) is 5.28. The molecule has 3 aromatic heterocycles. The van der Waals surface area contributed by atoms with Crippen LogP contribution < -0.4 is 10.2 Å². The van der Waals surface area contributed by atoms with Crippen molar-refractivity contribution in [3.05, 3.63) is 60.4 Å². The van der Waals surface area contributed by atoms with Crippen molar-refractivity contribution in [3.8, 4) is 0 Å². The van der Waals surface area contributed by atoms with Gasteiger partial charge in [0.25, 0.3) is 15.9 Å². The average Bonchev–Trinajstić information content (AvgIpc) is 3.64. The van der Waals surface area contributed by atoms with Gasteiger partial charge in [-0.05, 0) is 37.6 Å². The minimum atomic E-state index is -3.87. The van der Waals surface area contributed by atoms with Crippen LogP contribution in [0.15, 0.2) is 34.1 Å². The Morgan fingerprint density at radius 2 is 2.08 bits per heavy atom. The molecule has 0 aliphatic carbocycles. The lowest BCUT2D eigenvalue weighted by molar-refractivity contribution is 0.0550. The summed E-state index contributed by atoms with van der Waals surface area (Å²) in [4.78, 5) is 38.2. The number of halogens is 1. The summed E-state index contributed by atoms with van der Waals surface area (Å²) in [5.74, 6) is 0.325. The minimum Gasteiger partial charge on any atom is -0.345 e. The normalized spacial score (nSPS) is 20.4. The smallest absolute Gasteiger partial charge is 0.323 e. The number of benzene rings is 1. The summed E-state index contributed by atoms with van der Waals surface area (Å²) in [6.45, 7) is 3.26. The molecule has 1 aromatic carbocycles. The molecule has 3 N–H and O–H groups in total. The highest BCUT2D eigenvalue weighted by atomic mass is 35.5. The molecule has 39 heavy (non-hydrogen) atoms. The van der Waals surface area contributed by atoms with Crippen molar-refractivity contribution >= 4 is 61.3 Å². The Labute approximate surface area is 237 Å². The van der Waals surface area contributed by atoms with Crippen molar-refractivity contribution in [1.82, 2.24) is 33.8 Å². The number of aromatic amines is 2. The van der Waals surface area contributed by atoms with Gasteiger partial charge in [0.05, 0.1) is 5.69 Å². The van der Waals surface area contributed by atoms with Crippen LogP contribution in [0.1, 0.15) is 39.5 Å². The van der Waals surface area contributed by atoms with E-state index < -0.39 is 16.1 Å². The van der Waals surface area contributed by atoms with Gasteiger partial charge in [0.15, 0.2) is 5.01 Å². The molecule has 4 aromatic rings. The Hall–Kier alpha value is -2.62. The molecule has 0 radical (unpaired) electrons. The second-order valence-electron chi connectivity index (χ2n) is 9.84. The van der Waals surface area contributed by atoms with Gasteiger partial charge in [-0.25, -0.2) is 13.4 Å². The van der Waals surface area contributed by atoms with E-state index in [-0.39, 0.29) is 35.4 Å². The molecule has 2 aliphatic heterocycles. The average molecular weight is 608 g/mol. The van der Waals surface area contributed by atoms with Crippen molar-refractivity contribution in [2.24, 2.45) is 0 Å². The topological polar surface area (TPSA) is 144 Å². The number of thiazole rings is 1. The fourth-order valence-electron chi connectivity index (χ4n) is 5.11. The van der Waals surface area contributed by atoms with Crippen LogP contribution in [0.2, 0.25) is 5.02 Å². The van der Waals surface area contributed by atoms with Gasteiger partial charge in [-0.1, -0.05) is 11.6 Å². The summed E-state index contributed by atoms with van der Waals surface area (Å²) in [7, 11) is -3.87. The number of amides is 1. The maximum absolute atomic E-state index is 13.7. The largest absolute Gasteiger partial charge is 0.345 e. The van der Waals surface area contributed by atoms with Gasteiger partial charge in [-0.2, -0.15) is 8.68 Å². The van der Waals surface area contributed by atoms with E-state index in [0.717, 1.165) is 28.5 Å². The highest BCUT2D eigenvalue weighted by Gasteiger charge is 2.38. The second kappa shape index (κ2) is 10.4. The number of carbonyl (C=O) groups excluding carboxylic acids is 1. The maximum atomic E-state index is 13.7. The van der Waals surface area contributed by atoms with Crippen molar-refractivity contribution in [3.63, 3.8) is 0 Å². The van der Waals surface area contributed by atoms with Crippen LogP contribution in [0.5, 0.6) is 0 Å². The molecule has 2 aliphatic rings. The first-order valence-electron chi connectivity index (χ1n) is 12.5. The summed E-state index contributed by atoms with van der Waals surface area (Å²) in [6.07, 6.45) is 1.60. The molecule has 1 amide bonds. The van der Waals surface area contributed by atoms with E-state index in [1.54, 1.807) is 29.2 Å². The van der Waals surface area contributed by atoms with Gasteiger partial charge in [-0.15, -0.1) is 11.3 Å². The SMILES string of the molecule is CC1Cc2nc(C(=O)N3CCN(S(=O)(=O)c4cc5cc(Cl)ccc5[nH]4)CC3CCc3nsc(=O)[nH]3)sc2CN1.